The normalized spacial score (nSPS) is 28.9. The molecule has 3 saturated heterocycles. The van der Waals surface area contributed by atoms with Crippen molar-refractivity contribution in [2.45, 2.75) is 254 Å². The number of nitrogens with one attached hydrogen (secondary N) is 4. The molecule has 0 aromatic rings. The van der Waals surface area contributed by atoms with Gasteiger partial charge >= 0.3 is 5.97 Å². The molecule has 0 aliphatic carbocycles. The molecule has 3 aliphatic heterocycles. The summed E-state index contributed by atoms with van der Waals surface area (Å²) >= 11 is 0. The van der Waals surface area contributed by atoms with Gasteiger partial charge in [-0.2, -0.15) is 0 Å². The molecule has 2 unspecified atom stereocenters. The number of amides is 10. The van der Waals surface area contributed by atoms with E-state index in [1.165, 1.54) is 70.8 Å². The number of nitrogens with zero attached hydrogens (tertiary/aromatic N) is 7. The molecular formula is C68H121N11O15. The second-order valence-corrected chi connectivity index (χ2v) is 30.0. The van der Waals surface area contributed by atoms with Crippen molar-refractivity contribution >= 4 is 65.0 Å². The minimum absolute atomic E-state index is 0.0800. The highest BCUT2D eigenvalue weighted by Crippen LogP contribution is 2.29. The number of fused-ring (bicyclic) bond motifs is 2. The van der Waals surface area contributed by atoms with Gasteiger partial charge in [0.2, 0.25) is 53.2 Å². The monoisotopic (exact) mass is 1330 g/mol. The molecule has 26 heteroatoms. The molecule has 2 bridgehead atoms. The van der Waals surface area contributed by atoms with Gasteiger partial charge in [0.1, 0.15) is 54.4 Å². The van der Waals surface area contributed by atoms with Crippen molar-refractivity contribution in [3.63, 3.8) is 0 Å². The smallest absolute Gasteiger partial charge is 0.329 e. The highest BCUT2D eigenvalue weighted by Gasteiger charge is 2.46. The first-order valence-electron chi connectivity index (χ1n) is 34.3. The summed E-state index contributed by atoms with van der Waals surface area (Å²) in [7, 11) is 8.20. The Hall–Kier alpha value is -5.99. The van der Waals surface area contributed by atoms with Gasteiger partial charge in [0, 0.05) is 55.4 Å². The van der Waals surface area contributed by atoms with Crippen LogP contribution in [-0.2, 0) is 62.2 Å². The van der Waals surface area contributed by atoms with Gasteiger partial charge < -0.3 is 70.4 Å². The molecule has 3 rings (SSSR count). The third kappa shape index (κ3) is 23.1. The number of hydrogen-bond acceptors (Lipinski definition) is 16. The van der Waals surface area contributed by atoms with Crippen molar-refractivity contribution in [1.82, 2.24) is 55.6 Å². The van der Waals surface area contributed by atoms with Gasteiger partial charge in [-0.05, 0) is 119 Å². The van der Waals surface area contributed by atoms with E-state index in [2.05, 4.69) is 26.2 Å². The molecule has 6 N–H and O–H groups in total. The predicted octanol–water partition coefficient (Wildman–Crippen LogP) is 2.64. The van der Waals surface area contributed by atoms with E-state index < -0.39 is 162 Å². The summed E-state index contributed by atoms with van der Waals surface area (Å²) in [6.07, 6.45) is -1.75. The number of ether oxygens (including phenoxy) is 2. The van der Waals surface area contributed by atoms with Crippen molar-refractivity contribution in [2.24, 2.45) is 47.3 Å². The fraction of sp³-hybridized carbons (Fsp3) is 0.838. The maximum absolute atomic E-state index is 15.4. The number of hydrogen-bond donors (Lipinski definition) is 6. The van der Waals surface area contributed by atoms with Crippen LogP contribution in [0.25, 0.3) is 0 Å². The predicted molar refractivity (Wildman–Crippen MR) is 356 cm³/mol. The number of rotatable bonds is 18. The summed E-state index contributed by atoms with van der Waals surface area (Å²) in [6.45, 7) is 30.8. The minimum atomic E-state index is -1.76. The number of morpholine rings is 1. The van der Waals surface area contributed by atoms with Gasteiger partial charge in [-0.15, -0.1) is 0 Å². The number of aliphatic hydroxyl groups excluding tert-OH is 2. The molecule has 0 aromatic heterocycles. The molecule has 0 aromatic carbocycles. The Labute approximate surface area is 560 Å². The maximum atomic E-state index is 15.4. The highest BCUT2D eigenvalue weighted by atomic mass is 16.6. The van der Waals surface area contributed by atoms with Crippen LogP contribution in [0.1, 0.15) is 169 Å². The van der Waals surface area contributed by atoms with E-state index in [0.29, 0.717) is 26.1 Å². The second-order valence-electron chi connectivity index (χ2n) is 30.0. The van der Waals surface area contributed by atoms with Crippen molar-refractivity contribution in [2.75, 3.05) is 68.5 Å². The Morgan fingerprint density at radius 2 is 0.883 bits per heavy atom. The first-order valence-corrected chi connectivity index (χ1v) is 34.3. The summed E-state index contributed by atoms with van der Waals surface area (Å²) in [4.78, 5) is 171. The molecular weight excluding hydrogens is 1210 g/mol. The number of esters is 1. The molecule has 3 heterocycles. The van der Waals surface area contributed by atoms with E-state index in [1.807, 2.05) is 69.2 Å². The van der Waals surface area contributed by atoms with Crippen LogP contribution in [-0.4, -0.2) is 263 Å². The Bertz CT molecular complexity index is 2570. The van der Waals surface area contributed by atoms with Crippen molar-refractivity contribution < 1.29 is 72.4 Å². The Morgan fingerprint density at radius 1 is 0.468 bits per heavy atom. The number of carbonyl (C=O) groups excluding carboxylic acids is 11. The first kappa shape index (κ1) is 82.2. The lowest BCUT2D eigenvalue weighted by molar-refractivity contribution is -0.166. The average Bonchev–Trinajstić information content (AvgIpc) is 0.994. The van der Waals surface area contributed by atoms with E-state index in [9.17, 15) is 48.6 Å². The van der Waals surface area contributed by atoms with Crippen LogP contribution < -0.4 is 21.3 Å². The molecule has 0 saturated carbocycles. The van der Waals surface area contributed by atoms with E-state index in [-0.39, 0.29) is 73.9 Å². The molecule has 3 fully saturated rings. The Kier molecular flexibility index (Phi) is 32.3. The fourth-order valence-electron chi connectivity index (χ4n) is 12.8. The maximum Gasteiger partial charge on any atom is 0.329 e. The molecule has 26 nitrogen and oxygen atoms in total. The lowest BCUT2D eigenvalue weighted by Gasteiger charge is -2.40. The summed E-state index contributed by atoms with van der Waals surface area (Å²) < 4.78 is 12.0. The van der Waals surface area contributed by atoms with Crippen LogP contribution >= 0.6 is 0 Å². The number of likely N-dealkylation sites (tertiary alicyclic amines) is 1. The lowest BCUT2D eigenvalue weighted by atomic mass is 9.91. The minimum Gasteiger partial charge on any atom is -0.450 e. The molecule has 15 atom stereocenters. The van der Waals surface area contributed by atoms with Gasteiger partial charge in [-0.1, -0.05) is 104 Å². The largest absolute Gasteiger partial charge is 0.450 e. The van der Waals surface area contributed by atoms with Crippen LogP contribution in [0.5, 0.6) is 0 Å². The Balaban J connectivity index is 2.32. The highest BCUT2D eigenvalue weighted by molar-refractivity contribution is 5.99. The van der Waals surface area contributed by atoms with E-state index in [4.69, 9.17) is 9.47 Å². The van der Waals surface area contributed by atoms with Crippen LogP contribution in [0.4, 0.5) is 0 Å². The standard InChI is InChI=1S/C68H121N11O15/c1-36(2)28-48-63(87)75(20)51(31-39(7)8)59(83)69-44(16)68(92)94-58(42(13)14)67(91)76(21)52(32-40(9)10)61(85)71-49(29-37(3)4)64(88)77(22)55(41(11)12)66(90)78(23)56(57(82)43(15)26-27-79-33-46-24-25-47(34-79)93-46)62(86)72-54(45(17)80)65(89)73(18)35-53(81)74(19)50(30-38(5)6)60(84)70-48/h36-52,54-58,80,82H,24-35H2,1-23H3,(H,69,83)(H,70,84)(H,71,85)(H,72,86)/t43-,44+,45-,46?,47?,48+,49-,50+,51+,52+,54+,55+,56+,57-,58-/m1/s1. The fourth-order valence-corrected chi connectivity index (χ4v) is 12.8. The van der Waals surface area contributed by atoms with Crippen LogP contribution in [0.2, 0.25) is 0 Å². The van der Waals surface area contributed by atoms with Crippen LogP contribution in [0.15, 0.2) is 0 Å². The zero-order valence-corrected chi connectivity index (χ0v) is 61.0. The van der Waals surface area contributed by atoms with Gasteiger partial charge in [0.25, 0.3) is 5.91 Å². The SMILES string of the molecule is CC(C)C[C@@H]1NC(=O)[C@H](CC(C)C)N(C)C(=O)CN(C)C(=O)[C@H]([C@@H](C)O)NC(=O)[C@H]([C@H](O)[C@H](C)CCN2CC3CCC(C2)O3)N(C)C(=O)[C@H](C(C)C)N(C)C(=O)[C@@H](CC(C)C)NC(=O)[C@H](CC(C)C)N(C)C(=O)[C@@H](C(C)C)OC(=O)[C@H](C)NC(=O)[C@H](CC(C)C)N(C)C1=O. The van der Waals surface area contributed by atoms with Crippen LogP contribution in [0.3, 0.4) is 0 Å². The van der Waals surface area contributed by atoms with E-state index in [0.717, 1.165) is 27.5 Å². The van der Waals surface area contributed by atoms with Gasteiger partial charge in [-0.3, -0.25) is 52.8 Å². The van der Waals surface area contributed by atoms with Crippen molar-refractivity contribution in [3.05, 3.63) is 0 Å². The number of aliphatic hydroxyl groups is 2. The number of cyclic esters (lactones) is 1. The zero-order valence-electron chi connectivity index (χ0n) is 61.0. The first-order chi connectivity index (χ1) is 43.5. The van der Waals surface area contributed by atoms with Crippen LogP contribution in [0, 0.1) is 47.3 Å². The van der Waals surface area contributed by atoms with E-state index in [1.54, 1.807) is 34.6 Å². The molecule has 0 spiro atoms. The molecule has 0 radical (unpaired) electrons. The Morgan fingerprint density at radius 3 is 1.31 bits per heavy atom. The quantitative estimate of drug-likeness (QED) is 0.108. The zero-order chi connectivity index (χ0) is 71.8. The molecule has 94 heavy (non-hydrogen) atoms. The van der Waals surface area contributed by atoms with E-state index >= 15 is 14.4 Å². The topological polar surface area (TPSA) is 317 Å². The summed E-state index contributed by atoms with van der Waals surface area (Å²) in [5, 5.41) is 34.9. The average molecular weight is 1330 g/mol. The lowest BCUT2D eigenvalue weighted by Crippen LogP contribution is -2.64. The van der Waals surface area contributed by atoms with Crippen molar-refractivity contribution in [3.8, 4) is 0 Å². The summed E-state index contributed by atoms with van der Waals surface area (Å²) in [5.74, 6) is -11.5. The van der Waals surface area contributed by atoms with Gasteiger partial charge in [-0.25, -0.2) is 4.79 Å². The molecule has 10 amide bonds. The van der Waals surface area contributed by atoms with Crippen molar-refractivity contribution in [1.29, 1.82) is 0 Å². The third-order valence-electron chi connectivity index (χ3n) is 18.3. The number of likely N-dealkylation sites (N-methyl/N-ethyl adjacent to an activating group) is 6. The van der Waals surface area contributed by atoms with Gasteiger partial charge in [0.05, 0.1) is 31.0 Å². The number of carbonyl (C=O) groups is 11. The van der Waals surface area contributed by atoms with Gasteiger partial charge in [0.15, 0.2) is 6.10 Å². The summed E-state index contributed by atoms with van der Waals surface area (Å²) in [5.41, 5.74) is 0. The second kappa shape index (κ2) is 36.9. The summed E-state index contributed by atoms with van der Waals surface area (Å²) in [6, 6.07) is -12.3. The molecule has 538 valence electrons. The molecule has 3 aliphatic rings. The third-order valence-corrected chi connectivity index (χ3v) is 18.3.